The van der Waals surface area contributed by atoms with E-state index in [9.17, 15) is 0 Å². The molecule has 0 radical (unpaired) electrons. The van der Waals surface area contributed by atoms with Crippen molar-refractivity contribution >= 4 is 0 Å². The highest BCUT2D eigenvalue weighted by atomic mass is 16.3. The normalized spacial score (nSPS) is 18.8. The van der Waals surface area contributed by atoms with Gasteiger partial charge in [-0.05, 0) is 23.3 Å². The summed E-state index contributed by atoms with van der Waals surface area (Å²) in [5.74, 6) is 0.585. The van der Waals surface area contributed by atoms with Crippen molar-refractivity contribution in [2.45, 2.75) is 38.3 Å². The van der Waals surface area contributed by atoms with Gasteiger partial charge in [0.25, 0.3) is 0 Å². The van der Waals surface area contributed by atoms with E-state index in [1.54, 1.807) is 4.68 Å². The molecule has 12 heavy (non-hydrogen) atoms. The minimum atomic E-state index is -0.0660. The number of rotatable bonds is 2. The van der Waals surface area contributed by atoms with Crippen molar-refractivity contribution in [1.29, 1.82) is 0 Å². The van der Waals surface area contributed by atoms with Crippen molar-refractivity contribution in [3.8, 4) is 0 Å². The van der Waals surface area contributed by atoms with Gasteiger partial charge < -0.3 is 5.11 Å². The van der Waals surface area contributed by atoms with Crippen molar-refractivity contribution in [3.63, 3.8) is 0 Å². The van der Waals surface area contributed by atoms with E-state index in [-0.39, 0.29) is 6.61 Å². The van der Waals surface area contributed by atoms with Crippen LogP contribution < -0.4 is 0 Å². The molecule has 1 N–H and O–H groups in total. The Morgan fingerprint density at radius 2 is 2.17 bits per heavy atom. The molecule has 0 spiro atoms. The molecule has 0 saturated heterocycles. The Hall–Kier alpha value is -0.970. The molecule has 0 unspecified atom stereocenters. The first kappa shape index (κ1) is 7.67. The third kappa shape index (κ3) is 1.20. The summed E-state index contributed by atoms with van der Waals surface area (Å²) >= 11 is 0. The zero-order valence-corrected chi connectivity index (χ0v) is 6.85. The monoisotopic (exact) mass is 168 g/mol. The van der Waals surface area contributed by atoms with Gasteiger partial charge in [-0.15, -0.1) is 5.10 Å². The van der Waals surface area contributed by atoms with E-state index in [1.165, 1.54) is 12.8 Å². The average molecular weight is 168 g/mol. The summed E-state index contributed by atoms with van der Waals surface area (Å²) in [5, 5.41) is 20.0. The summed E-state index contributed by atoms with van der Waals surface area (Å²) in [6.45, 7) is -0.0660. The fourth-order valence-electron chi connectivity index (χ4n) is 1.75. The first-order valence-electron chi connectivity index (χ1n) is 4.29. The Morgan fingerprint density at radius 3 is 2.83 bits per heavy atom. The molecule has 0 aliphatic heterocycles. The average Bonchev–Trinajstić information content (AvgIpc) is 2.74. The van der Waals surface area contributed by atoms with Crippen molar-refractivity contribution in [3.05, 3.63) is 5.82 Å². The number of hydrogen-bond acceptors (Lipinski definition) is 4. The highest BCUT2D eigenvalue weighted by Gasteiger charge is 2.20. The molecular weight excluding hydrogens is 156 g/mol. The molecule has 1 aromatic heterocycles. The van der Waals surface area contributed by atoms with Crippen LogP contribution in [0, 0.1) is 0 Å². The minimum Gasteiger partial charge on any atom is -0.388 e. The Labute approximate surface area is 70.4 Å². The smallest absolute Gasteiger partial charge is 0.177 e. The third-order valence-electron chi connectivity index (χ3n) is 2.37. The van der Waals surface area contributed by atoms with Crippen LogP contribution in [0.25, 0.3) is 0 Å². The molecule has 0 bridgehead atoms. The van der Waals surface area contributed by atoms with Crippen LogP contribution in [0.15, 0.2) is 0 Å². The molecule has 2 rings (SSSR count). The second kappa shape index (κ2) is 3.18. The first-order valence-corrected chi connectivity index (χ1v) is 4.29. The number of nitrogens with zero attached hydrogens (tertiary/aromatic N) is 4. The van der Waals surface area contributed by atoms with Gasteiger partial charge in [-0.3, -0.25) is 0 Å². The lowest BCUT2D eigenvalue weighted by molar-refractivity contribution is 0.256. The number of aliphatic hydroxyl groups is 1. The lowest BCUT2D eigenvalue weighted by Gasteiger charge is -2.09. The molecule has 1 aromatic rings. The largest absolute Gasteiger partial charge is 0.388 e. The Kier molecular flexibility index (Phi) is 2.03. The molecule has 1 saturated carbocycles. The molecule has 1 aliphatic rings. The molecular formula is C7H12N4O. The molecule has 0 aromatic carbocycles. The fourth-order valence-corrected chi connectivity index (χ4v) is 1.75. The summed E-state index contributed by atoms with van der Waals surface area (Å²) in [5.41, 5.74) is 0. The molecule has 66 valence electrons. The minimum absolute atomic E-state index is 0.0660. The zero-order valence-electron chi connectivity index (χ0n) is 6.85. The quantitative estimate of drug-likeness (QED) is 0.689. The van der Waals surface area contributed by atoms with E-state index < -0.39 is 0 Å². The standard InChI is InChI=1S/C7H12N4O/c12-5-7-8-9-10-11(7)6-3-1-2-4-6/h6,12H,1-5H2. The van der Waals surface area contributed by atoms with Gasteiger partial charge in [0.2, 0.25) is 0 Å². The van der Waals surface area contributed by atoms with Crippen LogP contribution in [0.4, 0.5) is 0 Å². The van der Waals surface area contributed by atoms with Gasteiger partial charge in [0, 0.05) is 0 Å². The van der Waals surface area contributed by atoms with Crippen LogP contribution in [0.3, 0.4) is 0 Å². The van der Waals surface area contributed by atoms with Gasteiger partial charge in [0.05, 0.1) is 6.04 Å². The van der Waals surface area contributed by atoms with Crippen molar-refractivity contribution in [1.82, 2.24) is 20.2 Å². The molecule has 1 heterocycles. The maximum Gasteiger partial charge on any atom is 0.177 e. The lowest BCUT2D eigenvalue weighted by Crippen LogP contribution is -2.10. The van der Waals surface area contributed by atoms with E-state index >= 15 is 0 Å². The Balaban J connectivity index is 2.19. The molecule has 5 nitrogen and oxygen atoms in total. The number of aliphatic hydroxyl groups excluding tert-OH is 1. The number of tetrazole rings is 1. The zero-order chi connectivity index (χ0) is 8.39. The van der Waals surface area contributed by atoms with Gasteiger partial charge in [-0.2, -0.15) is 0 Å². The number of aromatic nitrogens is 4. The van der Waals surface area contributed by atoms with E-state index in [4.69, 9.17) is 5.11 Å². The number of hydrogen-bond donors (Lipinski definition) is 1. The van der Waals surface area contributed by atoms with Gasteiger partial charge in [0.1, 0.15) is 6.61 Å². The van der Waals surface area contributed by atoms with Crippen molar-refractivity contribution < 1.29 is 5.11 Å². The second-order valence-corrected chi connectivity index (χ2v) is 3.14. The topological polar surface area (TPSA) is 63.8 Å². The van der Waals surface area contributed by atoms with Gasteiger partial charge in [0.15, 0.2) is 5.82 Å². The summed E-state index contributed by atoms with van der Waals surface area (Å²) in [4.78, 5) is 0. The molecule has 1 fully saturated rings. The van der Waals surface area contributed by atoms with Crippen LogP contribution in [0.5, 0.6) is 0 Å². The van der Waals surface area contributed by atoms with Crippen molar-refractivity contribution in [2.75, 3.05) is 0 Å². The Morgan fingerprint density at radius 1 is 1.42 bits per heavy atom. The highest BCUT2D eigenvalue weighted by molar-refractivity contribution is 4.83. The lowest BCUT2D eigenvalue weighted by atomic mass is 10.2. The third-order valence-corrected chi connectivity index (χ3v) is 2.37. The van der Waals surface area contributed by atoms with Crippen molar-refractivity contribution in [2.24, 2.45) is 0 Å². The maximum absolute atomic E-state index is 8.90. The SMILES string of the molecule is OCc1nnnn1C1CCCC1. The predicted molar refractivity (Wildman–Crippen MR) is 41.2 cm³/mol. The second-order valence-electron chi connectivity index (χ2n) is 3.14. The molecule has 0 amide bonds. The Bertz CT molecular complexity index is 254. The van der Waals surface area contributed by atoms with Crippen LogP contribution in [0.1, 0.15) is 37.5 Å². The maximum atomic E-state index is 8.90. The summed E-state index contributed by atoms with van der Waals surface area (Å²) in [6.07, 6.45) is 4.76. The van der Waals surface area contributed by atoms with Crippen LogP contribution in [0.2, 0.25) is 0 Å². The first-order chi connectivity index (χ1) is 5.92. The summed E-state index contributed by atoms with van der Waals surface area (Å²) in [7, 11) is 0. The van der Waals surface area contributed by atoms with Gasteiger partial charge in [-0.1, -0.05) is 12.8 Å². The van der Waals surface area contributed by atoms with Crippen LogP contribution in [-0.4, -0.2) is 25.3 Å². The van der Waals surface area contributed by atoms with E-state index in [0.29, 0.717) is 11.9 Å². The van der Waals surface area contributed by atoms with Gasteiger partial charge >= 0.3 is 0 Å². The highest BCUT2D eigenvalue weighted by Crippen LogP contribution is 2.28. The van der Waals surface area contributed by atoms with Crippen LogP contribution >= 0.6 is 0 Å². The summed E-state index contributed by atoms with van der Waals surface area (Å²) < 4.78 is 1.76. The summed E-state index contributed by atoms with van der Waals surface area (Å²) in [6, 6.07) is 0.419. The molecule has 0 atom stereocenters. The predicted octanol–water partition coefficient (Wildman–Crippen LogP) is 0.280. The van der Waals surface area contributed by atoms with E-state index in [0.717, 1.165) is 12.8 Å². The van der Waals surface area contributed by atoms with E-state index in [1.807, 2.05) is 0 Å². The van der Waals surface area contributed by atoms with Crippen LogP contribution in [-0.2, 0) is 6.61 Å². The molecule has 5 heteroatoms. The van der Waals surface area contributed by atoms with Gasteiger partial charge in [-0.25, -0.2) is 4.68 Å². The molecule has 1 aliphatic carbocycles. The fraction of sp³-hybridized carbons (Fsp3) is 0.857. The van der Waals surface area contributed by atoms with E-state index in [2.05, 4.69) is 15.5 Å².